The molecule has 2 rings (SSSR count). The van der Waals surface area contributed by atoms with Crippen molar-refractivity contribution in [2.45, 2.75) is 89.9 Å². The van der Waals surface area contributed by atoms with Crippen molar-refractivity contribution in [3.63, 3.8) is 0 Å². The van der Waals surface area contributed by atoms with Gasteiger partial charge in [-0.1, -0.05) is 0 Å². The van der Waals surface area contributed by atoms with Gasteiger partial charge in [0.15, 0.2) is 0 Å². The van der Waals surface area contributed by atoms with Gasteiger partial charge >= 0.3 is 116 Å². The van der Waals surface area contributed by atoms with E-state index >= 15 is 0 Å². The maximum atomic E-state index is 7.41. The predicted octanol–water partition coefficient (Wildman–Crippen LogP) is 6.25. The van der Waals surface area contributed by atoms with E-state index in [0.717, 1.165) is 7.87 Å². The number of hydrogen-bond donors (Lipinski definition) is 0. The maximum absolute atomic E-state index is 7.41. The summed E-state index contributed by atoms with van der Waals surface area (Å²) in [5.41, 5.74) is 0. The molecule has 0 unspecified atom stereocenters. The van der Waals surface area contributed by atoms with Gasteiger partial charge in [-0.3, -0.25) is 0 Å². The summed E-state index contributed by atoms with van der Waals surface area (Å²) in [6, 6.07) is 0. The van der Waals surface area contributed by atoms with E-state index in [4.69, 9.17) is 8.92 Å². The van der Waals surface area contributed by atoms with Crippen molar-refractivity contribution in [2.24, 2.45) is 0 Å². The van der Waals surface area contributed by atoms with Crippen molar-refractivity contribution >= 4 is 26.2 Å². The van der Waals surface area contributed by atoms with Gasteiger partial charge in [0.2, 0.25) is 0 Å². The molecule has 0 radical (unpaired) electrons. The van der Waals surface area contributed by atoms with Crippen LogP contribution in [0.4, 0.5) is 0 Å². The third-order valence-corrected chi connectivity index (χ3v) is 25.3. The second-order valence-electron chi connectivity index (χ2n) is 6.35. The number of rotatable bonds is 4. The van der Waals surface area contributed by atoms with E-state index in [-0.39, 0.29) is 0 Å². The van der Waals surface area contributed by atoms with Crippen LogP contribution in [0.2, 0.25) is 12.3 Å². The van der Waals surface area contributed by atoms with Gasteiger partial charge in [-0.25, -0.2) is 0 Å². The molecular formula is C15H29ClSn. The van der Waals surface area contributed by atoms with Crippen LogP contribution in [0.3, 0.4) is 0 Å². The first-order valence-corrected chi connectivity index (χ1v) is 16.9. The molecule has 0 heterocycles. The summed E-state index contributed by atoms with van der Waals surface area (Å²) >= 11 is -2.31. The van der Waals surface area contributed by atoms with Crippen LogP contribution in [-0.4, -0.2) is 17.3 Å². The molecule has 2 aliphatic carbocycles. The molecule has 0 bridgehead atoms. The summed E-state index contributed by atoms with van der Waals surface area (Å²) in [5, 5.41) is 0. The third-order valence-electron chi connectivity index (χ3n) is 5.20. The molecule has 2 heteroatoms. The molecule has 0 aliphatic heterocycles. The van der Waals surface area contributed by atoms with Crippen LogP contribution in [0, 0.1) is 0 Å². The molecule has 0 amide bonds. The summed E-state index contributed by atoms with van der Waals surface area (Å²) in [4.78, 5) is 0. The molecule has 0 aromatic carbocycles. The molecule has 0 N–H and O–H groups in total. The fourth-order valence-corrected chi connectivity index (χ4v) is 22.7. The number of hydrogen-bond acceptors (Lipinski definition) is 0. The first-order chi connectivity index (χ1) is 8.27. The average molecular weight is 364 g/mol. The van der Waals surface area contributed by atoms with Crippen LogP contribution in [0.5, 0.6) is 0 Å². The molecule has 17 heavy (non-hydrogen) atoms. The standard InChI is InChI=1S/2C6H11.C3H7.ClH.Sn/c2*1-2-4-6-5-3-1;1-3-2;;/h2*1H,2-6H2;1,3H2,2H3;1H;/q;;;;+1/p-1. The molecule has 0 spiro atoms. The zero-order chi connectivity index (χ0) is 12.1. The van der Waals surface area contributed by atoms with E-state index < -0.39 is 17.3 Å². The number of halogens is 1. The second kappa shape index (κ2) is 7.03. The van der Waals surface area contributed by atoms with Gasteiger partial charge in [0.05, 0.1) is 0 Å². The van der Waals surface area contributed by atoms with Gasteiger partial charge < -0.3 is 0 Å². The summed E-state index contributed by atoms with van der Waals surface area (Å²) in [7, 11) is 7.41. The Bertz CT molecular complexity index is 199. The zero-order valence-corrected chi connectivity index (χ0v) is 15.1. The first-order valence-electron chi connectivity index (χ1n) is 7.96. The Balaban J connectivity index is 2.05. The summed E-state index contributed by atoms with van der Waals surface area (Å²) in [6.07, 6.45) is 16.2. The van der Waals surface area contributed by atoms with E-state index in [1.807, 2.05) is 0 Å². The van der Waals surface area contributed by atoms with Gasteiger partial charge in [0.25, 0.3) is 0 Å². The normalized spacial score (nSPS) is 25.1. The minimum atomic E-state index is -2.31. The summed E-state index contributed by atoms with van der Waals surface area (Å²) in [6.45, 7) is 2.36. The molecule has 0 aromatic heterocycles. The van der Waals surface area contributed by atoms with Crippen LogP contribution < -0.4 is 0 Å². The SMILES string of the molecule is CC[CH2][Sn]([Cl])([CH]1CCCCC1)[CH]1CCCCC1. The molecule has 0 aromatic rings. The van der Waals surface area contributed by atoms with E-state index in [1.54, 1.807) is 0 Å². The molecule has 2 saturated carbocycles. The first kappa shape index (κ1) is 14.5. The Kier molecular flexibility index (Phi) is 5.99. The zero-order valence-electron chi connectivity index (χ0n) is 11.5. The molecule has 0 saturated heterocycles. The topological polar surface area (TPSA) is 0 Å². The van der Waals surface area contributed by atoms with Crippen molar-refractivity contribution < 1.29 is 0 Å². The molecule has 0 atom stereocenters. The monoisotopic (exact) mass is 364 g/mol. The molecule has 2 fully saturated rings. The van der Waals surface area contributed by atoms with E-state index in [9.17, 15) is 0 Å². The Morgan fingerprint density at radius 3 is 1.59 bits per heavy atom. The van der Waals surface area contributed by atoms with Crippen LogP contribution in [0.25, 0.3) is 0 Å². The van der Waals surface area contributed by atoms with Gasteiger partial charge in [-0.2, -0.15) is 0 Å². The summed E-state index contributed by atoms with van der Waals surface area (Å²) < 4.78 is 3.52. The average Bonchev–Trinajstić information content (AvgIpc) is 2.41. The van der Waals surface area contributed by atoms with Gasteiger partial charge in [-0.05, 0) is 0 Å². The van der Waals surface area contributed by atoms with Crippen molar-refractivity contribution in [3.05, 3.63) is 0 Å². The van der Waals surface area contributed by atoms with Gasteiger partial charge in [-0.15, -0.1) is 0 Å². The van der Waals surface area contributed by atoms with Crippen molar-refractivity contribution in [1.82, 2.24) is 0 Å². The Morgan fingerprint density at radius 2 is 1.24 bits per heavy atom. The van der Waals surface area contributed by atoms with E-state index in [0.29, 0.717) is 0 Å². The van der Waals surface area contributed by atoms with E-state index in [1.165, 1.54) is 75.1 Å². The van der Waals surface area contributed by atoms with Crippen molar-refractivity contribution in [1.29, 1.82) is 0 Å². The van der Waals surface area contributed by atoms with E-state index in [2.05, 4.69) is 6.92 Å². The summed E-state index contributed by atoms with van der Waals surface area (Å²) in [5.74, 6) is 0. The molecule has 100 valence electrons. The predicted molar refractivity (Wildman–Crippen MR) is 80.4 cm³/mol. The Morgan fingerprint density at radius 1 is 0.824 bits per heavy atom. The van der Waals surface area contributed by atoms with Crippen LogP contribution in [0.1, 0.15) is 77.6 Å². The molecule has 2 aliphatic rings. The third kappa shape index (κ3) is 3.55. The quantitative estimate of drug-likeness (QED) is 0.518. The van der Waals surface area contributed by atoms with Crippen LogP contribution in [-0.2, 0) is 0 Å². The van der Waals surface area contributed by atoms with Gasteiger partial charge in [0, 0.05) is 0 Å². The van der Waals surface area contributed by atoms with Crippen LogP contribution >= 0.6 is 8.92 Å². The molecule has 0 nitrogen and oxygen atoms in total. The van der Waals surface area contributed by atoms with Gasteiger partial charge in [0.1, 0.15) is 0 Å². The fraction of sp³-hybridized carbons (Fsp3) is 1.00. The fourth-order valence-electron chi connectivity index (χ4n) is 4.29. The molecular weight excluding hydrogens is 334 g/mol. The Hall–Kier alpha value is 1.09. The van der Waals surface area contributed by atoms with Crippen molar-refractivity contribution in [3.8, 4) is 0 Å². The van der Waals surface area contributed by atoms with Crippen LogP contribution in [0.15, 0.2) is 0 Å². The Labute approximate surface area is 115 Å². The minimum absolute atomic E-state index is 1.03. The second-order valence-corrected chi connectivity index (χ2v) is 22.4. The van der Waals surface area contributed by atoms with Crippen molar-refractivity contribution in [2.75, 3.05) is 0 Å².